The monoisotopic (exact) mass is 431 g/mol. The third kappa shape index (κ3) is 4.03. The zero-order chi connectivity index (χ0) is 21.3. The number of aromatic nitrogens is 1. The summed E-state index contributed by atoms with van der Waals surface area (Å²) < 4.78 is 28.0. The van der Waals surface area contributed by atoms with E-state index in [-0.39, 0.29) is 23.4 Å². The number of hydrogen-bond acceptors (Lipinski definition) is 6. The predicted octanol–water partition coefficient (Wildman–Crippen LogP) is 0.791. The minimum absolute atomic E-state index is 0.0674. The van der Waals surface area contributed by atoms with Crippen molar-refractivity contribution >= 4 is 32.9 Å². The van der Waals surface area contributed by atoms with Crippen LogP contribution in [0.3, 0.4) is 0 Å². The van der Waals surface area contributed by atoms with Gasteiger partial charge < -0.3 is 10.2 Å². The van der Waals surface area contributed by atoms with E-state index < -0.39 is 10.0 Å². The maximum absolute atomic E-state index is 13.2. The Morgan fingerprint density at radius 2 is 1.87 bits per heavy atom. The van der Waals surface area contributed by atoms with Crippen LogP contribution >= 0.6 is 0 Å². The van der Waals surface area contributed by atoms with Crippen LogP contribution in [-0.4, -0.2) is 85.3 Å². The van der Waals surface area contributed by atoms with Gasteiger partial charge in [-0.15, -0.1) is 0 Å². The second kappa shape index (κ2) is 8.29. The number of nitrogens with zero attached hydrogens (tertiary/aromatic N) is 4. The maximum atomic E-state index is 13.2. The molecule has 160 valence electrons. The molecular formula is C20H25N5O4S. The molecule has 0 unspecified atom stereocenters. The van der Waals surface area contributed by atoms with Gasteiger partial charge in [0.05, 0.1) is 12.1 Å². The largest absolute Gasteiger partial charge is 0.329 e. The highest BCUT2D eigenvalue weighted by atomic mass is 32.2. The van der Waals surface area contributed by atoms with E-state index in [0.717, 1.165) is 10.9 Å². The third-order valence-electron chi connectivity index (χ3n) is 5.55. The first-order valence-corrected chi connectivity index (χ1v) is 11.5. The quantitative estimate of drug-likeness (QED) is 0.679. The van der Waals surface area contributed by atoms with E-state index in [2.05, 4.69) is 15.2 Å². The van der Waals surface area contributed by atoms with Crippen LogP contribution in [0, 0.1) is 6.92 Å². The minimum Gasteiger partial charge on any atom is -0.329 e. The Kier molecular flexibility index (Phi) is 5.72. The molecule has 9 nitrogen and oxygen atoms in total. The summed E-state index contributed by atoms with van der Waals surface area (Å²) in [6, 6.07) is 6.84. The molecule has 2 aliphatic heterocycles. The minimum atomic E-state index is -3.63. The van der Waals surface area contributed by atoms with E-state index in [1.54, 1.807) is 18.3 Å². The Morgan fingerprint density at radius 3 is 2.57 bits per heavy atom. The Morgan fingerprint density at radius 1 is 1.10 bits per heavy atom. The van der Waals surface area contributed by atoms with Gasteiger partial charge in [-0.2, -0.15) is 4.31 Å². The number of carbonyl (C=O) groups excluding carboxylic acids is 2. The maximum Gasteiger partial charge on any atom is 0.324 e. The van der Waals surface area contributed by atoms with Crippen LogP contribution in [0.2, 0.25) is 0 Å². The molecule has 2 aliphatic rings. The first kappa shape index (κ1) is 20.7. The van der Waals surface area contributed by atoms with Gasteiger partial charge in [0.1, 0.15) is 4.90 Å². The number of carbonyl (C=O) groups is 2. The van der Waals surface area contributed by atoms with E-state index in [1.165, 1.54) is 9.21 Å². The predicted molar refractivity (Wildman–Crippen MR) is 111 cm³/mol. The molecule has 10 heteroatoms. The molecule has 0 saturated carbocycles. The Labute approximate surface area is 175 Å². The molecule has 2 saturated heterocycles. The smallest absolute Gasteiger partial charge is 0.324 e. The van der Waals surface area contributed by atoms with Crippen molar-refractivity contribution in [2.45, 2.75) is 18.2 Å². The van der Waals surface area contributed by atoms with Gasteiger partial charge in [0.2, 0.25) is 15.9 Å². The first-order valence-electron chi connectivity index (χ1n) is 10.0. The molecule has 0 radical (unpaired) electrons. The highest BCUT2D eigenvalue weighted by Crippen LogP contribution is 2.25. The lowest BCUT2D eigenvalue weighted by Crippen LogP contribution is -2.49. The van der Waals surface area contributed by atoms with Crippen molar-refractivity contribution in [3.63, 3.8) is 0 Å². The summed E-state index contributed by atoms with van der Waals surface area (Å²) in [6.07, 6.45) is 2.35. The molecule has 4 rings (SSSR count). The number of pyridine rings is 1. The van der Waals surface area contributed by atoms with Crippen LogP contribution < -0.4 is 5.32 Å². The zero-order valence-corrected chi connectivity index (χ0v) is 17.7. The molecule has 2 aromatic rings. The van der Waals surface area contributed by atoms with Crippen LogP contribution in [0.4, 0.5) is 4.79 Å². The fraction of sp³-hybridized carbons (Fsp3) is 0.450. The Hall–Kier alpha value is -2.56. The number of amides is 3. The molecule has 3 heterocycles. The van der Waals surface area contributed by atoms with Gasteiger partial charge >= 0.3 is 6.03 Å². The summed E-state index contributed by atoms with van der Waals surface area (Å²) >= 11 is 0. The average Bonchev–Trinajstić information content (AvgIpc) is 3.05. The van der Waals surface area contributed by atoms with E-state index in [4.69, 9.17) is 0 Å². The number of rotatable bonds is 6. The van der Waals surface area contributed by atoms with Crippen molar-refractivity contribution in [2.75, 3.05) is 45.8 Å². The van der Waals surface area contributed by atoms with Crippen molar-refractivity contribution in [1.29, 1.82) is 0 Å². The summed E-state index contributed by atoms with van der Waals surface area (Å²) in [6.45, 7) is 5.09. The van der Waals surface area contributed by atoms with Gasteiger partial charge in [-0.1, -0.05) is 12.1 Å². The Balaban J connectivity index is 1.37. The standard InChI is InChI=1S/C20H25N5O4S/c1-15-12-16-4-2-5-17(19(16)21-13-15)30(28,29)24-10-8-23(9-11-24)6-3-7-25-18(26)14-22-20(25)27/h2,4-5,12-13H,3,6-11,14H2,1H3,(H,22,27). The van der Waals surface area contributed by atoms with Crippen molar-refractivity contribution in [3.05, 3.63) is 36.0 Å². The zero-order valence-electron chi connectivity index (χ0n) is 16.9. The molecular weight excluding hydrogens is 406 g/mol. The van der Waals surface area contributed by atoms with E-state index in [9.17, 15) is 18.0 Å². The lowest BCUT2D eigenvalue weighted by molar-refractivity contribution is -0.125. The molecule has 1 aromatic carbocycles. The second-order valence-electron chi connectivity index (χ2n) is 7.64. The van der Waals surface area contributed by atoms with Crippen molar-refractivity contribution in [2.24, 2.45) is 0 Å². The first-order chi connectivity index (χ1) is 14.4. The SMILES string of the molecule is Cc1cnc2c(S(=O)(=O)N3CCN(CCCN4C(=O)CNC4=O)CC3)cccc2c1. The molecule has 0 atom stereocenters. The summed E-state index contributed by atoms with van der Waals surface area (Å²) in [4.78, 5) is 31.2. The fourth-order valence-electron chi connectivity index (χ4n) is 3.92. The summed E-state index contributed by atoms with van der Waals surface area (Å²) in [5, 5.41) is 3.32. The van der Waals surface area contributed by atoms with Crippen LogP contribution in [0.5, 0.6) is 0 Å². The highest BCUT2D eigenvalue weighted by Gasteiger charge is 2.31. The van der Waals surface area contributed by atoms with E-state index >= 15 is 0 Å². The van der Waals surface area contributed by atoms with Gasteiger partial charge in [0.15, 0.2) is 0 Å². The van der Waals surface area contributed by atoms with Crippen LogP contribution in [-0.2, 0) is 14.8 Å². The second-order valence-corrected chi connectivity index (χ2v) is 9.55. The molecule has 30 heavy (non-hydrogen) atoms. The molecule has 3 amide bonds. The van der Waals surface area contributed by atoms with Crippen LogP contribution in [0.1, 0.15) is 12.0 Å². The van der Waals surface area contributed by atoms with Gasteiger partial charge in [-0.05, 0) is 37.6 Å². The number of hydrogen-bond donors (Lipinski definition) is 1. The van der Waals surface area contributed by atoms with E-state index in [0.29, 0.717) is 51.2 Å². The molecule has 0 bridgehead atoms. The number of nitrogens with one attached hydrogen (secondary N) is 1. The number of sulfonamides is 1. The molecule has 0 aliphatic carbocycles. The van der Waals surface area contributed by atoms with Crippen molar-refractivity contribution < 1.29 is 18.0 Å². The number of benzene rings is 1. The van der Waals surface area contributed by atoms with Gasteiger partial charge in [-0.25, -0.2) is 13.2 Å². The van der Waals surface area contributed by atoms with Crippen LogP contribution in [0.15, 0.2) is 35.4 Å². The van der Waals surface area contributed by atoms with E-state index in [1.807, 2.05) is 19.1 Å². The fourth-order valence-corrected chi connectivity index (χ4v) is 5.51. The van der Waals surface area contributed by atoms with Gasteiger partial charge in [0, 0.05) is 44.3 Å². The lowest BCUT2D eigenvalue weighted by atomic mass is 10.2. The molecule has 2 fully saturated rings. The lowest BCUT2D eigenvalue weighted by Gasteiger charge is -2.34. The summed E-state index contributed by atoms with van der Waals surface area (Å²) in [5.74, 6) is -0.199. The average molecular weight is 432 g/mol. The highest BCUT2D eigenvalue weighted by molar-refractivity contribution is 7.89. The topological polar surface area (TPSA) is 103 Å². The van der Waals surface area contributed by atoms with Crippen molar-refractivity contribution in [1.82, 2.24) is 24.4 Å². The van der Waals surface area contributed by atoms with Gasteiger partial charge in [0.25, 0.3) is 0 Å². The number of fused-ring (bicyclic) bond motifs is 1. The third-order valence-corrected chi connectivity index (χ3v) is 7.48. The normalized spacial score (nSPS) is 18.9. The number of para-hydroxylation sites is 1. The number of aryl methyl sites for hydroxylation is 1. The van der Waals surface area contributed by atoms with Crippen LogP contribution in [0.25, 0.3) is 10.9 Å². The summed E-state index contributed by atoms with van der Waals surface area (Å²) in [5.41, 5.74) is 1.48. The summed E-state index contributed by atoms with van der Waals surface area (Å²) in [7, 11) is -3.63. The van der Waals surface area contributed by atoms with Gasteiger partial charge in [-0.3, -0.25) is 14.7 Å². The number of piperazine rings is 1. The Bertz CT molecular complexity index is 1060. The molecule has 0 spiro atoms. The molecule has 1 aromatic heterocycles. The van der Waals surface area contributed by atoms with Crippen molar-refractivity contribution in [3.8, 4) is 0 Å². The number of imide groups is 1. The number of urea groups is 1. The molecule has 1 N–H and O–H groups in total.